The molecule has 8 nitrogen and oxygen atoms in total. The number of nitrogens with zero attached hydrogens (tertiary/aromatic N) is 2. The molecule has 4 rings (SSSR count). The second kappa shape index (κ2) is 12.0. The molecule has 0 radical (unpaired) electrons. The lowest BCUT2D eigenvalue weighted by atomic mass is 9.91. The van der Waals surface area contributed by atoms with Crippen molar-refractivity contribution in [1.82, 2.24) is 4.98 Å². The van der Waals surface area contributed by atoms with Crippen LogP contribution >= 0.6 is 0 Å². The molecule has 4 aromatic rings. The number of benzene rings is 3. The van der Waals surface area contributed by atoms with E-state index in [2.05, 4.69) is 4.98 Å². The SMILES string of the molecule is CCOC(=O)C(Cc1ccc(OCCc2nc(-c3ccccc3)oc2C)cc1)c1cccc([N+](=O)[O-])c1. The zero-order valence-electron chi connectivity index (χ0n) is 20.8. The van der Waals surface area contributed by atoms with Crippen LogP contribution in [0, 0.1) is 17.0 Å². The smallest absolute Gasteiger partial charge is 0.313 e. The summed E-state index contributed by atoms with van der Waals surface area (Å²) in [6.07, 6.45) is 0.947. The highest BCUT2D eigenvalue weighted by Crippen LogP contribution is 2.27. The first-order valence-electron chi connectivity index (χ1n) is 12.1. The molecule has 0 fully saturated rings. The maximum absolute atomic E-state index is 12.7. The van der Waals surface area contributed by atoms with Crippen LogP contribution in [-0.2, 0) is 22.4 Å². The number of rotatable bonds is 11. The van der Waals surface area contributed by atoms with Crippen LogP contribution in [0.5, 0.6) is 5.75 Å². The molecule has 3 aromatic carbocycles. The van der Waals surface area contributed by atoms with Gasteiger partial charge in [-0.2, -0.15) is 0 Å². The van der Waals surface area contributed by atoms with Gasteiger partial charge >= 0.3 is 5.97 Å². The third-order valence-electron chi connectivity index (χ3n) is 5.94. The van der Waals surface area contributed by atoms with E-state index < -0.39 is 16.8 Å². The fourth-order valence-corrected chi connectivity index (χ4v) is 4.02. The fourth-order valence-electron chi connectivity index (χ4n) is 4.02. The van der Waals surface area contributed by atoms with Crippen LogP contribution in [-0.4, -0.2) is 29.1 Å². The number of ether oxygens (including phenoxy) is 2. The van der Waals surface area contributed by atoms with Crippen molar-refractivity contribution in [3.05, 3.63) is 112 Å². The number of nitro benzene ring substituents is 1. The number of carbonyl (C=O) groups is 1. The zero-order valence-corrected chi connectivity index (χ0v) is 20.8. The van der Waals surface area contributed by atoms with Crippen LogP contribution in [0.25, 0.3) is 11.5 Å². The number of hydrogen-bond acceptors (Lipinski definition) is 7. The summed E-state index contributed by atoms with van der Waals surface area (Å²) in [5.41, 5.74) is 3.15. The molecule has 8 heteroatoms. The molecule has 1 unspecified atom stereocenters. The molecule has 0 aliphatic rings. The molecule has 0 bridgehead atoms. The van der Waals surface area contributed by atoms with Gasteiger partial charge in [-0.25, -0.2) is 4.98 Å². The van der Waals surface area contributed by atoms with Gasteiger partial charge in [0.25, 0.3) is 5.69 Å². The van der Waals surface area contributed by atoms with Crippen LogP contribution < -0.4 is 4.74 Å². The molecule has 0 saturated carbocycles. The zero-order chi connectivity index (χ0) is 26.2. The quantitative estimate of drug-likeness (QED) is 0.140. The number of oxazole rings is 1. The lowest BCUT2D eigenvalue weighted by Crippen LogP contribution is -2.18. The molecule has 1 aromatic heterocycles. The second-order valence-corrected chi connectivity index (χ2v) is 8.49. The van der Waals surface area contributed by atoms with Crippen molar-refractivity contribution in [1.29, 1.82) is 0 Å². The Morgan fingerprint density at radius 3 is 2.51 bits per heavy atom. The average Bonchev–Trinajstić information content (AvgIpc) is 3.29. The van der Waals surface area contributed by atoms with Crippen molar-refractivity contribution in [3.8, 4) is 17.2 Å². The van der Waals surface area contributed by atoms with E-state index in [9.17, 15) is 14.9 Å². The topological polar surface area (TPSA) is 105 Å². The molecule has 0 aliphatic carbocycles. The Hall–Kier alpha value is -4.46. The van der Waals surface area contributed by atoms with Crippen molar-refractivity contribution in [2.45, 2.75) is 32.6 Å². The van der Waals surface area contributed by atoms with Gasteiger partial charge in [-0.15, -0.1) is 0 Å². The molecular formula is C29H28N2O6. The van der Waals surface area contributed by atoms with Gasteiger partial charge in [0.2, 0.25) is 5.89 Å². The summed E-state index contributed by atoms with van der Waals surface area (Å²) in [5.74, 6) is 0.985. The van der Waals surface area contributed by atoms with E-state index in [1.165, 1.54) is 12.1 Å². The Morgan fingerprint density at radius 2 is 1.81 bits per heavy atom. The first-order chi connectivity index (χ1) is 17.9. The van der Waals surface area contributed by atoms with Gasteiger partial charge in [0.15, 0.2) is 0 Å². The maximum Gasteiger partial charge on any atom is 0.313 e. The van der Waals surface area contributed by atoms with Gasteiger partial charge in [0, 0.05) is 24.1 Å². The van der Waals surface area contributed by atoms with Gasteiger partial charge in [0.1, 0.15) is 11.5 Å². The Kier molecular flexibility index (Phi) is 8.30. The molecule has 37 heavy (non-hydrogen) atoms. The van der Waals surface area contributed by atoms with Crippen LogP contribution in [0.15, 0.2) is 83.3 Å². The lowest BCUT2D eigenvalue weighted by molar-refractivity contribution is -0.384. The minimum atomic E-state index is -0.652. The Morgan fingerprint density at radius 1 is 1.05 bits per heavy atom. The standard InChI is InChI=1S/C29H28N2O6/c1-3-35-29(32)26(23-10-7-11-24(19-23)31(33)34)18-21-12-14-25(15-13-21)36-17-16-27-20(2)37-28(30-27)22-8-5-4-6-9-22/h4-15,19,26H,3,16-18H2,1-2H3. The summed E-state index contributed by atoms with van der Waals surface area (Å²) >= 11 is 0. The number of aromatic nitrogens is 1. The van der Waals surface area contributed by atoms with Crippen molar-refractivity contribution >= 4 is 11.7 Å². The normalized spacial score (nSPS) is 11.6. The number of esters is 1. The van der Waals surface area contributed by atoms with Crippen LogP contribution in [0.2, 0.25) is 0 Å². The molecule has 0 N–H and O–H groups in total. The number of non-ortho nitro benzene ring substituents is 1. The predicted octanol–water partition coefficient (Wildman–Crippen LogP) is 6.07. The van der Waals surface area contributed by atoms with Gasteiger partial charge in [-0.1, -0.05) is 42.5 Å². The molecule has 0 aliphatic heterocycles. The number of carbonyl (C=O) groups excluding carboxylic acids is 1. The summed E-state index contributed by atoms with van der Waals surface area (Å²) in [7, 11) is 0. The van der Waals surface area contributed by atoms with Crippen molar-refractivity contribution in [2.24, 2.45) is 0 Å². The van der Waals surface area contributed by atoms with Crippen LogP contribution in [0.1, 0.15) is 35.4 Å². The molecule has 0 spiro atoms. The second-order valence-electron chi connectivity index (χ2n) is 8.49. The van der Waals surface area contributed by atoms with E-state index in [1.807, 2.05) is 61.5 Å². The lowest BCUT2D eigenvalue weighted by Gasteiger charge is -2.16. The molecule has 1 atom stereocenters. The largest absolute Gasteiger partial charge is 0.493 e. The summed E-state index contributed by atoms with van der Waals surface area (Å²) in [6.45, 7) is 4.29. The van der Waals surface area contributed by atoms with E-state index in [0.717, 1.165) is 22.6 Å². The first kappa shape index (κ1) is 25.6. The molecule has 190 valence electrons. The maximum atomic E-state index is 12.7. The average molecular weight is 501 g/mol. The van der Waals surface area contributed by atoms with Gasteiger partial charge in [0.05, 0.1) is 29.7 Å². The van der Waals surface area contributed by atoms with E-state index in [0.29, 0.717) is 36.7 Å². The van der Waals surface area contributed by atoms with E-state index in [-0.39, 0.29) is 12.3 Å². The third-order valence-corrected chi connectivity index (χ3v) is 5.94. The molecule has 0 amide bonds. The highest BCUT2D eigenvalue weighted by Gasteiger charge is 2.24. The predicted molar refractivity (Wildman–Crippen MR) is 138 cm³/mol. The minimum absolute atomic E-state index is 0.0613. The minimum Gasteiger partial charge on any atom is -0.493 e. The van der Waals surface area contributed by atoms with Gasteiger partial charge < -0.3 is 13.9 Å². The summed E-state index contributed by atoms with van der Waals surface area (Å²) in [5, 5.41) is 11.2. The van der Waals surface area contributed by atoms with Crippen LogP contribution in [0.4, 0.5) is 5.69 Å². The van der Waals surface area contributed by atoms with Crippen molar-refractivity contribution in [2.75, 3.05) is 13.2 Å². The Labute approximate surface area is 215 Å². The first-order valence-corrected chi connectivity index (χ1v) is 12.1. The number of nitro groups is 1. The van der Waals surface area contributed by atoms with E-state index >= 15 is 0 Å². The Balaban J connectivity index is 1.38. The fraction of sp³-hybridized carbons (Fsp3) is 0.241. The highest BCUT2D eigenvalue weighted by molar-refractivity contribution is 5.79. The monoisotopic (exact) mass is 500 g/mol. The van der Waals surface area contributed by atoms with Crippen LogP contribution in [0.3, 0.4) is 0 Å². The van der Waals surface area contributed by atoms with Gasteiger partial charge in [-0.05, 0) is 55.7 Å². The van der Waals surface area contributed by atoms with Gasteiger partial charge in [-0.3, -0.25) is 14.9 Å². The molecular weight excluding hydrogens is 472 g/mol. The molecule has 0 saturated heterocycles. The highest BCUT2D eigenvalue weighted by atomic mass is 16.6. The van der Waals surface area contributed by atoms with Crippen molar-refractivity contribution in [3.63, 3.8) is 0 Å². The Bertz CT molecular complexity index is 1350. The van der Waals surface area contributed by atoms with E-state index in [1.54, 1.807) is 19.1 Å². The number of aryl methyl sites for hydroxylation is 1. The third kappa shape index (κ3) is 6.61. The van der Waals surface area contributed by atoms with Crippen molar-refractivity contribution < 1.29 is 23.6 Å². The molecule has 1 heterocycles. The summed E-state index contributed by atoms with van der Waals surface area (Å²) in [4.78, 5) is 28.0. The number of hydrogen-bond donors (Lipinski definition) is 0. The summed E-state index contributed by atoms with van der Waals surface area (Å²) in [6, 6.07) is 23.3. The summed E-state index contributed by atoms with van der Waals surface area (Å²) < 4.78 is 17.0. The van der Waals surface area contributed by atoms with E-state index in [4.69, 9.17) is 13.9 Å².